The van der Waals surface area contributed by atoms with Crippen LogP contribution in [0.1, 0.15) is 51.9 Å². The van der Waals surface area contributed by atoms with Gasteiger partial charge in [0.15, 0.2) is 0 Å². The van der Waals surface area contributed by atoms with Crippen molar-refractivity contribution in [2.45, 2.75) is 64.0 Å². The van der Waals surface area contributed by atoms with Gasteiger partial charge in [-0.15, -0.1) is 0 Å². The van der Waals surface area contributed by atoms with Gasteiger partial charge in [0.05, 0.1) is 0 Å². The van der Waals surface area contributed by atoms with Crippen molar-refractivity contribution in [2.75, 3.05) is 0 Å². The van der Waals surface area contributed by atoms with Crippen LogP contribution in [0.5, 0.6) is 0 Å². The summed E-state index contributed by atoms with van der Waals surface area (Å²) in [6, 6.07) is 0. The van der Waals surface area contributed by atoms with Crippen LogP contribution in [0.4, 0.5) is 22.0 Å². The second kappa shape index (κ2) is 6.28. The number of hydrogen-bond acceptors (Lipinski definition) is 0. The highest BCUT2D eigenvalue weighted by atomic mass is 19.4. The average Bonchev–Trinajstić information content (AvgIpc) is 2.09. The molecule has 0 aromatic rings. The predicted molar refractivity (Wildman–Crippen MR) is 49.0 cm³/mol. The fourth-order valence-electron chi connectivity index (χ4n) is 1.27. The van der Waals surface area contributed by atoms with E-state index >= 15 is 0 Å². The van der Waals surface area contributed by atoms with E-state index in [0.29, 0.717) is 6.42 Å². The monoisotopic (exact) mass is 232 g/mol. The summed E-state index contributed by atoms with van der Waals surface area (Å²) in [4.78, 5) is 0. The molecule has 0 aliphatic rings. The van der Waals surface area contributed by atoms with E-state index in [1.807, 2.05) is 6.92 Å². The highest BCUT2D eigenvalue weighted by molar-refractivity contribution is 4.75. The standard InChI is InChI=1S/C10H17F5/c1-2-3-4-5-6-7-8-9(11,12)10(13,14)15/h2-8H2,1H3. The van der Waals surface area contributed by atoms with E-state index in [4.69, 9.17) is 0 Å². The fourth-order valence-corrected chi connectivity index (χ4v) is 1.27. The molecule has 0 nitrogen and oxygen atoms in total. The second-order valence-corrected chi connectivity index (χ2v) is 3.72. The second-order valence-electron chi connectivity index (χ2n) is 3.72. The summed E-state index contributed by atoms with van der Waals surface area (Å²) in [6.07, 6.45) is -2.40. The molecule has 0 bridgehead atoms. The number of halogens is 5. The fraction of sp³-hybridized carbons (Fsp3) is 1.00. The van der Waals surface area contributed by atoms with E-state index in [1.165, 1.54) is 0 Å². The number of unbranched alkanes of at least 4 members (excludes halogenated alkanes) is 5. The summed E-state index contributed by atoms with van der Waals surface area (Å²) in [6.45, 7) is 2.01. The Bertz CT molecular complexity index is 162. The van der Waals surface area contributed by atoms with Crippen LogP contribution in [0.15, 0.2) is 0 Å². The Balaban J connectivity index is 3.58. The van der Waals surface area contributed by atoms with Gasteiger partial charge in [-0.05, 0) is 6.42 Å². The minimum absolute atomic E-state index is 0.0593. The van der Waals surface area contributed by atoms with Gasteiger partial charge >= 0.3 is 12.1 Å². The van der Waals surface area contributed by atoms with E-state index in [-0.39, 0.29) is 6.42 Å². The molecule has 0 aromatic heterocycles. The van der Waals surface area contributed by atoms with Gasteiger partial charge in [0.25, 0.3) is 0 Å². The maximum Gasteiger partial charge on any atom is 0.453 e. The van der Waals surface area contributed by atoms with Crippen LogP contribution in [0.3, 0.4) is 0 Å². The van der Waals surface area contributed by atoms with Gasteiger partial charge in [-0.1, -0.05) is 39.0 Å². The largest absolute Gasteiger partial charge is 0.453 e. The lowest BCUT2D eigenvalue weighted by molar-refractivity contribution is -0.284. The summed E-state index contributed by atoms with van der Waals surface area (Å²) in [5.74, 6) is -4.52. The lowest BCUT2D eigenvalue weighted by Gasteiger charge is -2.19. The predicted octanol–water partition coefficient (Wildman–Crippen LogP) is 4.93. The van der Waals surface area contributed by atoms with E-state index < -0.39 is 18.5 Å². The average molecular weight is 232 g/mol. The van der Waals surface area contributed by atoms with Crippen molar-refractivity contribution in [3.8, 4) is 0 Å². The van der Waals surface area contributed by atoms with Crippen molar-refractivity contribution in [3.63, 3.8) is 0 Å². The first-order chi connectivity index (χ1) is 6.81. The Labute approximate surface area is 86.9 Å². The third-order valence-electron chi connectivity index (χ3n) is 2.26. The van der Waals surface area contributed by atoms with Gasteiger partial charge in [0, 0.05) is 6.42 Å². The molecule has 92 valence electrons. The first kappa shape index (κ1) is 14.6. The zero-order chi connectivity index (χ0) is 11.9. The number of rotatable bonds is 7. The zero-order valence-corrected chi connectivity index (χ0v) is 8.84. The molecule has 0 unspecified atom stereocenters. The number of hydrogen-bond donors (Lipinski definition) is 0. The summed E-state index contributed by atoms with van der Waals surface area (Å²) >= 11 is 0. The molecular formula is C10H17F5. The van der Waals surface area contributed by atoms with Crippen LogP contribution in [-0.2, 0) is 0 Å². The van der Waals surface area contributed by atoms with Crippen molar-refractivity contribution in [1.29, 1.82) is 0 Å². The SMILES string of the molecule is CCCCCCCCC(F)(F)C(F)(F)F. The Kier molecular flexibility index (Phi) is 6.13. The molecule has 0 aliphatic heterocycles. The first-order valence-corrected chi connectivity index (χ1v) is 5.26. The van der Waals surface area contributed by atoms with Crippen LogP contribution in [-0.4, -0.2) is 12.1 Å². The molecule has 15 heavy (non-hydrogen) atoms. The molecule has 0 atom stereocenters. The molecule has 0 saturated heterocycles. The van der Waals surface area contributed by atoms with E-state index in [2.05, 4.69) is 0 Å². The third-order valence-corrected chi connectivity index (χ3v) is 2.26. The van der Waals surface area contributed by atoms with Crippen LogP contribution >= 0.6 is 0 Å². The summed E-state index contributed by atoms with van der Waals surface area (Å²) in [7, 11) is 0. The molecule has 0 saturated carbocycles. The van der Waals surface area contributed by atoms with Gasteiger partial charge in [-0.3, -0.25) is 0 Å². The maximum absolute atomic E-state index is 12.4. The van der Waals surface area contributed by atoms with Gasteiger partial charge in [-0.25, -0.2) is 0 Å². The van der Waals surface area contributed by atoms with Gasteiger partial charge in [-0.2, -0.15) is 22.0 Å². The molecule has 0 radical (unpaired) electrons. The minimum Gasteiger partial charge on any atom is -0.196 e. The van der Waals surface area contributed by atoms with Crippen molar-refractivity contribution in [2.24, 2.45) is 0 Å². The summed E-state index contributed by atoms with van der Waals surface area (Å²) in [5.41, 5.74) is 0. The maximum atomic E-state index is 12.4. The molecule has 0 spiro atoms. The Hall–Kier alpha value is -0.350. The van der Waals surface area contributed by atoms with Crippen molar-refractivity contribution in [1.82, 2.24) is 0 Å². The topological polar surface area (TPSA) is 0 Å². The van der Waals surface area contributed by atoms with E-state index in [9.17, 15) is 22.0 Å². The lowest BCUT2D eigenvalue weighted by atomic mass is 10.1. The zero-order valence-electron chi connectivity index (χ0n) is 8.84. The quantitative estimate of drug-likeness (QED) is 0.431. The van der Waals surface area contributed by atoms with Crippen molar-refractivity contribution < 1.29 is 22.0 Å². The minimum atomic E-state index is -5.39. The van der Waals surface area contributed by atoms with Gasteiger partial charge < -0.3 is 0 Å². The molecule has 0 N–H and O–H groups in total. The van der Waals surface area contributed by atoms with Crippen LogP contribution in [0, 0.1) is 0 Å². The van der Waals surface area contributed by atoms with Crippen molar-refractivity contribution in [3.05, 3.63) is 0 Å². The lowest BCUT2D eigenvalue weighted by Crippen LogP contribution is -2.36. The number of alkyl halides is 5. The van der Waals surface area contributed by atoms with E-state index in [0.717, 1.165) is 25.7 Å². The molecule has 0 aliphatic carbocycles. The Morgan fingerprint density at radius 2 is 1.20 bits per heavy atom. The highest BCUT2D eigenvalue weighted by Gasteiger charge is 2.56. The van der Waals surface area contributed by atoms with Crippen LogP contribution in [0.25, 0.3) is 0 Å². The molecule has 0 heterocycles. The molecule has 0 aromatic carbocycles. The molecule has 0 rings (SSSR count). The summed E-state index contributed by atoms with van der Waals surface area (Å²) in [5, 5.41) is 0. The highest BCUT2D eigenvalue weighted by Crippen LogP contribution is 2.39. The third kappa shape index (κ3) is 5.95. The normalized spacial score (nSPS) is 13.2. The van der Waals surface area contributed by atoms with Crippen LogP contribution in [0.2, 0.25) is 0 Å². The molecule has 5 heteroatoms. The van der Waals surface area contributed by atoms with Gasteiger partial charge in [0.2, 0.25) is 0 Å². The molecular weight excluding hydrogens is 215 g/mol. The Morgan fingerprint density at radius 1 is 0.733 bits per heavy atom. The van der Waals surface area contributed by atoms with Crippen molar-refractivity contribution >= 4 is 0 Å². The molecule has 0 fully saturated rings. The van der Waals surface area contributed by atoms with Crippen LogP contribution < -0.4 is 0 Å². The first-order valence-electron chi connectivity index (χ1n) is 5.26. The molecule has 0 amide bonds. The van der Waals surface area contributed by atoms with Gasteiger partial charge in [0.1, 0.15) is 0 Å². The smallest absolute Gasteiger partial charge is 0.196 e. The Morgan fingerprint density at radius 3 is 1.67 bits per heavy atom. The summed E-state index contributed by atoms with van der Waals surface area (Å²) < 4.78 is 59.9. The van der Waals surface area contributed by atoms with E-state index in [1.54, 1.807) is 0 Å².